The molecule has 0 radical (unpaired) electrons. The third-order valence-corrected chi connectivity index (χ3v) is 10.6. The lowest BCUT2D eigenvalue weighted by atomic mass is 9.83. The minimum absolute atomic E-state index is 0.0637. The molecule has 3 aromatic carbocycles. The van der Waals surface area contributed by atoms with Crippen LogP contribution in [0.2, 0.25) is 15.1 Å². The Bertz CT molecular complexity index is 1640. The zero-order valence-electron chi connectivity index (χ0n) is 25.1. The first-order chi connectivity index (χ1) is 21.8. The van der Waals surface area contributed by atoms with Gasteiger partial charge in [-0.15, -0.1) is 0 Å². The van der Waals surface area contributed by atoms with Crippen molar-refractivity contribution in [3.63, 3.8) is 0 Å². The molecule has 2 saturated heterocycles. The Labute approximate surface area is 278 Å². The normalized spacial score (nSPS) is 23.0. The largest absolute Gasteiger partial charge is 0.484 e. The highest BCUT2D eigenvalue weighted by Gasteiger charge is 2.41. The van der Waals surface area contributed by atoms with E-state index in [1.54, 1.807) is 25.1 Å². The molecule has 3 aromatic rings. The van der Waals surface area contributed by atoms with Crippen LogP contribution in [0.4, 0.5) is 10.1 Å². The number of hydrogen-bond acceptors (Lipinski definition) is 5. The second-order valence-corrected chi connectivity index (χ2v) is 13.8. The van der Waals surface area contributed by atoms with Gasteiger partial charge in [0.05, 0.1) is 27.7 Å². The Balaban J connectivity index is 1.13. The highest BCUT2D eigenvalue weighted by molar-refractivity contribution is 6.42. The molecule has 1 saturated carbocycles. The molecule has 0 unspecified atom stereocenters. The van der Waals surface area contributed by atoms with Crippen molar-refractivity contribution < 1.29 is 13.9 Å². The molecule has 3 heterocycles. The van der Waals surface area contributed by atoms with E-state index in [-0.39, 0.29) is 40.9 Å². The first-order valence-corrected chi connectivity index (χ1v) is 16.8. The maximum absolute atomic E-state index is 14.7. The molecule has 3 fully saturated rings. The number of nitrogens with one attached hydrogen (secondary N) is 2. The second kappa shape index (κ2) is 12.8. The van der Waals surface area contributed by atoms with Crippen molar-refractivity contribution in [3.8, 4) is 5.75 Å². The van der Waals surface area contributed by atoms with E-state index in [1.807, 2.05) is 17.0 Å². The summed E-state index contributed by atoms with van der Waals surface area (Å²) in [5.41, 5.74) is 5.45. The molecule has 4 aliphatic rings. The first kappa shape index (κ1) is 30.8. The van der Waals surface area contributed by atoms with Crippen LogP contribution in [0, 0.1) is 12.7 Å². The van der Waals surface area contributed by atoms with Gasteiger partial charge in [0, 0.05) is 55.9 Å². The second-order valence-electron chi connectivity index (χ2n) is 12.6. The summed E-state index contributed by atoms with van der Waals surface area (Å²) < 4.78 is 20.7. The summed E-state index contributed by atoms with van der Waals surface area (Å²) in [6.07, 6.45) is 3.35. The number of amides is 1. The third-order valence-electron chi connectivity index (χ3n) is 9.40. The fourth-order valence-electron chi connectivity index (χ4n) is 6.84. The van der Waals surface area contributed by atoms with Gasteiger partial charge in [0.15, 0.2) is 11.6 Å². The highest BCUT2D eigenvalue weighted by atomic mass is 35.5. The van der Waals surface area contributed by atoms with E-state index in [0.717, 1.165) is 66.7 Å². The molecule has 0 spiro atoms. The standard InChI is InChI=1S/C35H36Cl3FN4O2/c1-20-5-12-29(37)34(33(20)39)45-26-13-14-42(19-26)24-8-6-21(7-9-24)27-15-23-16-40-17-30(41-23)31(27)35(44)43(25-10-11-25)18-22-3-2-4-28(36)32(22)38/h2-9,12,23,25-26,30,40-41H,10-11,13-19H2,1H3/t23-,26+,30-/m0/s1. The molecule has 2 N–H and O–H groups in total. The van der Waals surface area contributed by atoms with Gasteiger partial charge in [-0.3, -0.25) is 4.79 Å². The van der Waals surface area contributed by atoms with Gasteiger partial charge in [-0.2, -0.15) is 0 Å². The van der Waals surface area contributed by atoms with Crippen LogP contribution in [0.5, 0.6) is 5.75 Å². The average molecular weight is 670 g/mol. The van der Waals surface area contributed by atoms with Gasteiger partial charge < -0.3 is 25.2 Å². The Kier molecular flexibility index (Phi) is 8.74. The predicted molar refractivity (Wildman–Crippen MR) is 179 cm³/mol. The van der Waals surface area contributed by atoms with E-state index in [4.69, 9.17) is 39.5 Å². The van der Waals surface area contributed by atoms with E-state index in [1.165, 1.54) is 0 Å². The van der Waals surface area contributed by atoms with Gasteiger partial charge in [0.25, 0.3) is 5.91 Å². The minimum atomic E-state index is -0.401. The quantitative estimate of drug-likeness (QED) is 0.270. The number of benzene rings is 3. The third kappa shape index (κ3) is 6.30. The molecule has 3 atom stereocenters. The van der Waals surface area contributed by atoms with E-state index in [0.29, 0.717) is 35.2 Å². The SMILES string of the molecule is Cc1ccc(Cl)c(O[C@@H]2CCN(c3ccc(C4=C(C(=O)N(Cc5cccc(Cl)c5Cl)C5CC5)[C@@H]5CNC[C@H](C4)N5)cc3)C2)c1F. The molecule has 6 nitrogen and oxygen atoms in total. The summed E-state index contributed by atoms with van der Waals surface area (Å²) >= 11 is 19.1. The molecule has 45 heavy (non-hydrogen) atoms. The van der Waals surface area contributed by atoms with Crippen LogP contribution < -0.4 is 20.3 Å². The predicted octanol–water partition coefficient (Wildman–Crippen LogP) is 7.03. The topological polar surface area (TPSA) is 56.8 Å². The average Bonchev–Trinajstić information content (AvgIpc) is 3.78. The van der Waals surface area contributed by atoms with Crippen LogP contribution in [-0.2, 0) is 11.3 Å². The number of rotatable bonds is 8. The Morgan fingerprint density at radius 3 is 2.60 bits per heavy atom. The van der Waals surface area contributed by atoms with Crippen molar-refractivity contribution in [2.45, 2.75) is 63.4 Å². The lowest BCUT2D eigenvalue weighted by Crippen LogP contribution is -2.60. The van der Waals surface area contributed by atoms with Crippen molar-refractivity contribution in [1.29, 1.82) is 0 Å². The van der Waals surface area contributed by atoms with E-state index in [2.05, 4.69) is 39.8 Å². The van der Waals surface area contributed by atoms with E-state index < -0.39 is 5.82 Å². The summed E-state index contributed by atoms with van der Waals surface area (Å²) in [4.78, 5) is 18.7. The number of ether oxygens (including phenoxy) is 1. The number of carbonyl (C=O) groups excluding carboxylic acids is 1. The van der Waals surface area contributed by atoms with Crippen molar-refractivity contribution >= 4 is 52.0 Å². The molecule has 7 rings (SSSR count). The summed E-state index contributed by atoms with van der Waals surface area (Å²) in [7, 11) is 0. The summed E-state index contributed by atoms with van der Waals surface area (Å²) in [6, 6.07) is 17.8. The first-order valence-electron chi connectivity index (χ1n) is 15.7. The summed E-state index contributed by atoms with van der Waals surface area (Å²) in [5.74, 6) is -0.206. The minimum Gasteiger partial charge on any atom is -0.484 e. The van der Waals surface area contributed by atoms with Gasteiger partial charge in [-0.05, 0) is 72.7 Å². The van der Waals surface area contributed by atoms with Gasteiger partial charge in [0.1, 0.15) is 6.10 Å². The van der Waals surface area contributed by atoms with Crippen LogP contribution in [0.15, 0.2) is 60.2 Å². The van der Waals surface area contributed by atoms with Crippen LogP contribution in [0.1, 0.15) is 42.4 Å². The monoisotopic (exact) mass is 668 g/mol. The molecule has 1 aliphatic carbocycles. The Morgan fingerprint density at radius 2 is 1.82 bits per heavy atom. The molecule has 0 aromatic heterocycles. The van der Waals surface area contributed by atoms with Gasteiger partial charge >= 0.3 is 0 Å². The van der Waals surface area contributed by atoms with Crippen molar-refractivity contribution in [1.82, 2.24) is 15.5 Å². The number of anilines is 1. The summed E-state index contributed by atoms with van der Waals surface area (Å²) in [6.45, 7) is 5.14. The van der Waals surface area contributed by atoms with E-state index in [9.17, 15) is 9.18 Å². The lowest BCUT2D eigenvalue weighted by Gasteiger charge is -2.41. The number of fused-ring (bicyclic) bond motifs is 2. The lowest BCUT2D eigenvalue weighted by molar-refractivity contribution is -0.128. The van der Waals surface area contributed by atoms with Crippen molar-refractivity contribution in [2.75, 3.05) is 31.1 Å². The van der Waals surface area contributed by atoms with E-state index >= 15 is 0 Å². The number of halogens is 4. The van der Waals surface area contributed by atoms with Gasteiger partial charge in [-0.1, -0.05) is 65.1 Å². The van der Waals surface area contributed by atoms with Crippen molar-refractivity contribution in [2.24, 2.45) is 0 Å². The van der Waals surface area contributed by atoms with Gasteiger partial charge in [-0.25, -0.2) is 4.39 Å². The number of carbonyl (C=O) groups is 1. The van der Waals surface area contributed by atoms with Crippen LogP contribution in [0.3, 0.4) is 0 Å². The number of hydrogen-bond donors (Lipinski definition) is 2. The fraction of sp³-hybridized carbons (Fsp3) is 0.400. The maximum atomic E-state index is 14.7. The zero-order valence-corrected chi connectivity index (χ0v) is 27.4. The molecule has 236 valence electrons. The number of aryl methyl sites for hydroxylation is 1. The molecule has 10 heteroatoms. The molecule has 3 aliphatic heterocycles. The molecule has 2 bridgehead atoms. The van der Waals surface area contributed by atoms with Crippen LogP contribution in [-0.4, -0.2) is 61.2 Å². The highest BCUT2D eigenvalue weighted by Crippen LogP contribution is 2.38. The maximum Gasteiger partial charge on any atom is 0.252 e. The molecule has 1 amide bonds. The zero-order chi connectivity index (χ0) is 31.2. The summed E-state index contributed by atoms with van der Waals surface area (Å²) in [5, 5.41) is 8.51. The molecular formula is C35H36Cl3FN4O2. The number of nitrogens with zero attached hydrogens (tertiary/aromatic N) is 2. The Morgan fingerprint density at radius 1 is 1.02 bits per heavy atom. The molecular weight excluding hydrogens is 634 g/mol. The van der Waals surface area contributed by atoms with Crippen molar-refractivity contribution in [3.05, 3.63) is 97.7 Å². The van der Waals surface area contributed by atoms with Crippen LogP contribution >= 0.6 is 34.8 Å². The fourth-order valence-corrected chi connectivity index (χ4v) is 7.41. The smallest absolute Gasteiger partial charge is 0.252 e. The Hall–Kier alpha value is -2.81. The van der Waals surface area contributed by atoms with Gasteiger partial charge in [0.2, 0.25) is 0 Å². The van der Waals surface area contributed by atoms with Crippen LogP contribution in [0.25, 0.3) is 5.57 Å². The number of piperazine rings is 1.